The van der Waals surface area contributed by atoms with E-state index in [9.17, 15) is 14.4 Å². The lowest BCUT2D eigenvalue weighted by molar-refractivity contribution is -0.131. The van der Waals surface area contributed by atoms with Crippen LogP contribution in [0.1, 0.15) is 6.42 Å². The highest BCUT2D eigenvalue weighted by Gasteiger charge is 2.34. The van der Waals surface area contributed by atoms with Crippen molar-refractivity contribution in [3.8, 4) is 0 Å². The molecule has 1 saturated heterocycles. The van der Waals surface area contributed by atoms with Gasteiger partial charge in [0.15, 0.2) is 0 Å². The fraction of sp³-hybridized carbons (Fsp3) is 0.182. The van der Waals surface area contributed by atoms with E-state index in [2.05, 4.69) is 32.1 Å². The molecule has 1 aromatic carbocycles. The normalized spacial score (nSPS) is 15.2. The number of hydrogen-bond acceptors (Lipinski definition) is 3. The Bertz CT molecular complexity index is 502. The number of hydrazine groups is 1. The van der Waals surface area contributed by atoms with E-state index in [1.807, 2.05) is 6.07 Å². The fourth-order valence-corrected chi connectivity index (χ4v) is 1.96. The molecule has 0 spiro atoms. The smallest absolute Gasteiger partial charge is 0.251 e. The molecule has 0 radical (unpaired) electrons. The molecule has 1 aromatic rings. The van der Waals surface area contributed by atoms with E-state index in [1.165, 1.54) is 0 Å². The Kier molecular flexibility index (Phi) is 3.61. The molecule has 6 nitrogen and oxygen atoms in total. The first-order chi connectivity index (χ1) is 8.56. The van der Waals surface area contributed by atoms with Crippen LogP contribution < -0.4 is 16.2 Å². The molecule has 94 valence electrons. The summed E-state index contributed by atoms with van der Waals surface area (Å²) >= 11 is 3.28. The van der Waals surface area contributed by atoms with Gasteiger partial charge in [-0.3, -0.25) is 25.2 Å². The molecule has 1 fully saturated rings. The number of nitrogens with one attached hydrogen (secondary N) is 3. The number of carbonyl (C=O) groups is 3. The Labute approximate surface area is 111 Å². The maximum atomic E-state index is 11.7. The molecule has 0 bridgehead atoms. The zero-order valence-corrected chi connectivity index (χ0v) is 10.8. The van der Waals surface area contributed by atoms with Crippen LogP contribution in [0.25, 0.3) is 0 Å². The number of rotatable bonds is 3. The third-order valence-electron chi connectivity index (χ3n) is 2.44. The summed E-state index contributed by atoms with van der Waals surface area (Å²) in [5.74, 6) is -2.31. The van der Waals surface area contributed by atoms with Gasteiger partial charge in [0, 0.05) is 16.6 Å². The van der Waals surface area contributed by atoms with Crippen LogP contribution in [0.15, 0.2) is 28.7 Å². The SMILES string of the molecule is O=C(CC1C(=O)NNC1=O)Nc1cccc(Br)c1. The van der Waals surface area contributed by atoms with E-state index in [-0.39, 0.29) is 12.3 Å². The number of halogens is 1. The Morgan fingerprint density at radius 1 is 1.28 bits per heavy atom. The summed E-state index contributed by atoms with van der Waals surface area (Å²) in [5.41, 5.74) is 4.95. The van der Waals surface area contributed by atoms with E-state index in [0.717, 1.165) is 4.47 Å². The molecule has 0 saturated carbocycles. The number of hydrogen-bond donors (Lipinski definition) is 3. The van der Waals surface area contributed by atoms with Crippen molar-refractivity contribution in [3.05, 3.63) is 28.7 Å². The summed E-state index contributed by atoms with van der Waals surface area (Å²) in [5, 5.41) is 2.62. The van der Waals surface area contributed by atoms with Crippen LogP contribution in [0.4, 0.5) is 5.69 Å². The molecule has 0 aromatic heterocycles. The molecular formula is C11H10BrN3O3. The van der Waals surface area contributed by atoms with Crippen LogP contribution in [-0.4, -0.2) is 17.7 Å². The fourth-order valence-electron chi connectivity index (χ4n) is 1.57. The zero-order chi connectivity index (χ0) is 13.1. The third kappa shape index (κ3) is 2.86. The molecule has 7 heteroatoms. The minimum Gasteiger partial charge on any atom is -0.326 e. The first-order valence-electron chi connectivity index (χ1n) is 5.21. The standard InChI is InChI=1S/C11H10BrN3O3/c12-6-2-1-3-7(4-6)13-9(16)5-8-10(17)14-15-11(8)18/h1-4,8H,5H2,(H,13,16)(H,14,17)(H,15,18). The number of benzene rings is 1. The highest BCUT2D eigenvalue weighted by atomic mass is 79.9. The van der Waals surface area contributed by atoms with Gasteiger partial charge in [-0.1, -0.05) is 22.0 Å². The maximum Gasteiger partial charge on any atom is 0.251 e. The maximum absolute atomic E-state index is 11.7. The van der Waals surface area contributed by atoms with Gasteiger partial charge in [0.1, 0.15) is 5.92 Å². The topological polar surface area (TPSA) is 87.3 Å². The van der Waals surface area contributed by atoms with Crippen LogP contribution in [0.5, 0.6) is 0 Å². The Morgan fingerprint density at radius 2 is 1.94 bits per heavy atom. The second-order valence-electron chi connectivity index (χ2n) is 3.79. The second kappa shape index (κ2) is 5.18. The van der Waals surface area contributed by atoms with E-state index in [1.54, 1.807) is 18.2 Å². The average molecular weight is 312 g/mol. The van der Waals surface area contributed by atoms with E-state index < -0.39 is 17.7 Å². The lowest BCUT2D eigenvalue weighted by Crippen LogP contribution is -2.28. The summed E-state index contributed by atoms with van der Waals surface area (Å²) < 4.78 is 0.830. The zero-order valence-electron chi connectivity index (χ0n) is 9.20. The summed E-state index contributed by atoms with van der Waals surface area (Å²) in [6.07, 6.45) is -0.176. The molecule has 2 rings (SSSR count). The van der Waals surface area contributed by atoms with Gasteiger partial charge >= 0.3 is 0 Å². The van der Waals surface area contributed by atoms with E-state index in [4.69, 9.17) is 0 Å². The monoisotopic (exact) mass is 311 g/mol. The van der Waals surface area contributed by atoms with Gasteiger partial charge in [0.05, 0.1) is 0 Å². The molecule has 1 heterocycles. The van der Waals surface area contributed by atoms with Crippen LogP contribution >= 0.6 is 15.9 Å². The molecule has 3 N–H and O–H groups in total. The second-order valence-corrected chi connectivity index (χ2v) is 4.71. The van der Waals surface area contributed by atoms with Crippen molar-refractivity contribution >= 4 is 39.3 Å². The van der Waals surface area contributed by atoms with Crippen molar-refractivity contribution < 1.29 is 14.4 Å². The number of carbonyl (C=O) groups excluding carboxylic acids is 3. The Hall–Kier alpha value is -1.89. The minimum atomic E-state index is -0.961. The number of anilines is 1. The highest BCUT2D eigenvalue weighted by Crippen LogP contribution is 2.17. The molecule has 0 unspecified atom stereocenters. The van der Waals surface area contributed by atoms with Crippen molar-refractivity contribution in [2.24, 2.45) is 5.92 Å². The average Bonchev–Trinajstić information content (AvgIpc) is 2.61. The van der Waals surface area contributed by atoms with E-state index in [0.29, 0.717) is 5.69 Å². The van der Waals surface area contributed by atoms with Gasteiger partial charge in [-0.25, -0.2) is 0 Å². The van der Waals surface area contributed by atoms with Gasteiger partial charge in [-0.15, -0.1) is 0 Å². The van der Waals surface area contributed by atoms with Crippen molar-refractivity contribution in [2.45, 2.75) is 6.42 Å². The van der Waals surface area contributed by atoms with Gasteiger partial charge in [-0.05, 0) is 18.2 Å². The molecule has 1 aliphatic rings. The van der Waals surface area contributed by atoms with Crippen LogP contribution in [0.3, 0.4) is 0 Å². The summed E-state index contributed by atoms with van der Waals surface area (Å²) in [4.78, 5) is 34.2. The predicted octanol–water partition coefficient (Wildman–Crippen LogP) is 0.555. The molecule has 18 heavy (non-hydrogen) atoms. The molecular weight excluding hydrogens is 302 g/mol. The van der Waals surface area contributed by atoms with Gasteiger partial charge in [0.25, 0.3) is 11.8 Å². The first-order valence-corrected chi connectivity index (χ1v) is 6.00. The predicted molar refractivity (Wildman–Crippen MR) is 67.2 cm³/mol. The van der Waals surface area contributed by atoms with Crippen molar-refractivity contribution in [1.29, 1.82) is 0 Å². The van der Waals surface area contributed by atoms with E-state index >= 15 is 0 Å². The van der Waals surface area contributed by atoms with Gasteiger partial charge in [-0.2, -0.15) is 0 Å². The summed E-state index contributed by atoms with van der Waals surface area (Å²) in [6, 6.07) is 7.05. The molecule has 0 atom stereocenters. The van der Waals surface area contributed by atoms with Gasteiger partial charge < -0.3 is 5.32 Å². The first kappa shape index (κ1) is 12.6. The third-order valence-corrected chi connectivity index (χ3v) is 2.93. The van der Waals surface area contributed by atoms with Crippen molar-refractivity contribution in [1.82, 2.24) is 10.9 Å². The van der Waals surface area contributed by atoms with Crippen molar-refractivity contribution in [3.63, 3.8) is 0 Å². The Morgan fingerprint density at radius 3 is 2.56 bits per heavy atom. The molecule has 3 amide bonds. The largest absolute Gasteiger partial charge is 0.326 e. The molecule has 1 aliphatic heterocycles. The highest BCUT2D eigenvalue weighted by molar-refractivity contribution is 9.10. The lowest BCUT2D eigenvalue weighted by Gasteiger charge is -2.07. The lowest BCUT2D eigenvalue weighted by atomic mass is 10.1. The van der Waals surface area contributed by atoms with Crippen LogP contribution in [0, 0.1) is 5.92 Å². The summed E-state index contributed by atoms with van der Waals surface area (Å²) in [6.45, 7) is 0. The minimum absolute atomic E-state index is 0.176. The van der Waals surface area contributed by atoms with Gasteiger partial charge in [0.2, 0.25) is 5.91 Å². The number of amides is 3. The van der Waals surface area contributed by atoms with Crippen LogP contribution in [0.2, 0.25) is 0 Å². The molecule has 0 aliphatic carbocycles. The Balaban J connectivity index is 1.97. The summed E-state index contributed by atoms with van der Waals surface area (Å²) in [7, 11) is 0. The van der Waals surface area contributed by atoms with Crippen molar-refractivity contribution in [2.75, 3.05) is 5.32 Å². The quantitative estimate of drug-likeness (QED) is 0.713. The van der Waals surface area contributed by atoms with Crippen LogP contribution in [-0.2, 0) is 14.4 Å².